The van der Waals surface area contributed by atoms with E-state index in [0.717, 1.165) is 9.87 Å². The molecule has 0 amide bonds. The molecule has 2 atom stereocenters. The van der Waals surface area contributed by atoms with Crippen LogP contribution >= 0.6 is 0 Å². The summed E-state index contributed by atoms with van der Waals surface area (Å²) in [7, 11) is -3.87. The minimum absolute atomic E-state index is 0.0761. The molecule has 7 heteroatoms. The van der Waals surface area contributed by atoms with Crippen molar-refractivity contribution in [2.45, 2.75) is 43.7 Å². The molecule has 1 fully saturated rings. The number of nitrogens with zero attached hydrogens (tertiary/aromatic N) is 1. The van der Waals surface area contributed by atoms with Gasteiger partial charge in [0.1, 0.15) is 0 Å². The van der Waals surface area contributed by atoms with Crippen molar-refractivity contribution in [3.63, 3.8) is 0 Å². The molecule has 1 aliphatic rings. The monoisotopic (exact) mass is 327 g/mol. The minimum Gasteiger partial charge on any atom is -0.465 e. The lowest BCUT2D eigenvalue weighted by molar-refractivity contribution is -0.152. The molecule has 1 aliphatic heterocycles. The van der Waals surface area contributed by atoms with E-state index in [1.807, 2.05) is 6.92 Å². The first-order valence-corrected chi connectivity index (χ1v) is 8.61. The molecular formula is C15H21NO5S. The van der Waals surface area contributed by atoms with Crippen LogP contribution in [0.1, 0.15) is 25.8 Å². The van der Waals surface area contributed by atoms with E-state index in [1.54, 1.807) is 19.1 Å². The average Bonchev–Trinajstić information content (AvgIpc) is 2.76. The molecule has 1 aromatic rings. The van der Waals surface area contributed by atoms with Crippen LogP contribution in [0, 0.1) is 6.92 Å². The van der Waals surface area contributed by atoms with Crippen molar-refractivity contribution in [1.82, 2.24) is 4.31 Å². The summed E-state index contributed by atoms with van der Waals surface area (Å²) in [5.74, 6) is -0.722. The first-order valence-electron chi connectivity index (χ1n) is 7.17. The standard InChI is InChI=1S/C15H21NO5S/c1-4-21-14(17)13-15(3,18)9-10-16(13)22(19,20)12-7-5-11(2)6-8-12/h5-8,13,18H,4,9-10H2,1-3H3/t13-,15?/m1/s1. The van der Waals surface area contributed by atoms with E-state index in [4.69, 9.17) is 4.74 Å². The second-order valence-electron chi connectivity index (χ2n) is 5.69. The van der Waals surface area contributed by atoms with Crippen LogP contribution in [0.15, 0.2) is 29.2 Å². The lowest BCUT2D eigenvalue weighted by atomic mass is 9.98. The third-order valence-electron chi connectivity index (χ3n) is 3.85. The number of sulfonamides is 1. The Hall–Kier alpha value is -1.44. The smallest absolute Gasteiger partial charge is 0.327 e. The Morgan fingerprint density at radius 3 is 2.55 bits per heavy atom. The van der Waals surface area contributed by atoms with Gasteiger partial charge in [0, 0.05) is 6.54 Å². The van der Waals surface area contributed by atoms with Crippen LogP contribution in [0.2, 0.25) is 0 Å². The van der Waals surface area contributed by atoms with Crippen molar-refractivity contribution in [3.8, 4) is 0 Å². The number of hydrogen-bond acceptors (Lipinski definition) is 5. The Labute approximate surface area is 130 Å². The summed E-state index contributed by atoms with van der Waals surface area (Å²) >= 11 is 0. The van der Waals surface area contributed by atoms with E-state index < -0.39 is 27.6 Å². The van der Waals surface area contributed by atoms with E-state index >= 15 is 0 Å². The molecule has 2 rings (SSSR count). The van der Waals surface area contributed by atoms with Gasteiger partial charge in [-0.25, -0.2) is 8.42 Å². The number of rotatable bonds is 4. The SMILES string of the molecule is CCOC(=O)[C@H]1N(S(=O)(=O)c2ccc(C)cc2)CCC1(C)O. The maximum atomic E-state index is 12.8. The molecule has 0 aliphatic carbocycles. The second-order valence-corrected chi connectivity index (χ2v) is 7.58. The molecule has 1 unspecified atom stereocenters. The van der Waals surface area contributed by atoms with Gasteiger partial charge < -0.3 is 9.84 Å². The average molecular weight is 327 g/mol. The molecule has 6 nitrogen and oxygen atoms in total. The normalized spacial score (nSPS) is 26.1. The number of esters is 1. The van der Waals surface area contributed by atoms with E-state index in [1.165, 1.54) is 19.1 Å². The third kappa shape index (κ3) is 3.02. The summed E-state index contributed by atoms with van der Waals surface area (Å²) in [6.45, 7) is 5.16. The molecule has 0 aromatic heterocycles. The number of hydrogen-bond donors (Lipinski definition) is 1. The Morgan fingerprint density at radius 2 is 2.00 bits per heavy atom. The van der Waals surface area contributed by atoms with Crippen molar-refractivity contribution in [2.24, 2.45) is 0 Å². The van der Waals surface area contributed by atoms with E-state index in [0.29, 0.717) is 0 Å². The predicted octanol–water partition coefficient (Wildman–Crippen LogP) is 1.07. The molecule has 1 heterocycles. The van der Waals surface area contributed by atoms with Crippen molar-refractivity contribution in [3.05, 3.63) is 29.8 Å². The van der Waals surface area contributed by atoms with Gasteiger partial charge in [-0.15, -0.1) is 0 Å². The number of aliphatic hydroxyl groups is 1. The van der Waals surface area contributed by atoms with Gasteiger partial charge in [-0.3, -0.25) is 4.79 Å². The highest BCUT2D eigenvalue weighted by Gasteiger charge is 2.52. The summed E-state index contributed by atoms with van der Waals surface area (Å²) in [5, 5.41) is 10.4. The number of aryl methyl sites for hydroxylation is 1. The van der Waals surface area contributed by atoms with Crippen LogP contribution in [0.5, 0.6) is 0 Å². The molecule has 1 N–H and O–H groups in total. The zero-order valence-corrected chi connectivity index (χ0v) is 13.8. The molecule has 1 aromatic carbocycles. The zero-order valence-electron chi connectivity index (χ0n) is 12.9. The van der Waals surface area contributed by atoms with Crippen molar-refractivity contribution < 1.29 is 23.1 Å². The maximum Gasteiger partial charge on any atom is 0.327 e. The quantitative estimate of drug-likeness (QED) is 0.836. The highest BCUT2D eigenvalue weighted by molar-refractivity contribution is 7.89. The van der Waals surface area contributed by atoms with Crippen molar-refractivity contribution in [2.75, 3.05) is 13.2 Å². The third-order valence-corrected chi connectivity index (χ3v) is 5.73. The molecular weight excluding hydrogens is 306 g/mol. The molecule has 0 spiro atoms. The number of benzene rings is 1. The van der Waals surface area contributed by atoms with Gasteiger partial charge in [-0.2, -0.15) is 4.31 Å². The highest BCUT2D eigenvalue weighted by atomic mass is 32.2. The van der Waals surface area contributed by atoms with Crippen LogP contribution in [0.4, 0.5) is 0 Å². The number of carbonyl (C=O) groups is 1. The summed E-state index contributed by atoms with van der Waals surface area (Å²) in [4.78, 5) is 12.2. The fourth-order valence-electron chi connectivity index (χ4n) is 2.61. The van der Waals surface area contributed by atoms with Crippen molar-refractivity contribution in [1.29, 1.82) is 0 Å². The Balaban J connectivity index is 2.40. The Kier molecular flexibility index (Phi) is 4.60. The number of carbonyl (C=O) groups excluding carboxylic acids is 1. The van der Waals surface area contributed by atoms with Crippen LogP contribution in [-0.4, -0.2) is 48.6 Å². The summed E-state index contributed by atoms with van der Waals surface area (Å²) in [6, 6.07) is 5.17. The van der Waals surface area contributed by atoms with E-state index in [9.17, 15) is 18.3 Å². The van der Waals surface area contributed by atoms with Crippen LogP contribution in [-0.2, 0) is 19.6 Å². The Morgan fingerprint density at radius 1 is 1.41 bits per heavy atom. The van der Waals surface area contributed by atoms with E-state index in [-0.39, 0.29) is 24.5 Å². The maximum absolute atomic E-state index is 12.8. The van der Waals surface area contributed by atoms with Crippen LogP contribution in [0.3, 0.4) is 0 Å². The van der Waals surface area contributed by atoms with Crippen LogP contribution in [0.25, 0.3) is 0 Å². The predicted molar refractivity (Wildman–Crippen MR) is 80.7 cm³/mol. The fourth-order valence-corrected chi connectivity index (χ4v) is 4.28. The van der Waals surface area contributed by atoms with Gasteiger partial charge in [-0.1, -0.05) is 17.7 Å². The van der Waals surface area contributed by atoms with Gasteiger partial charge in [0.25, 0.3) is 0 Å². The second kappa shape index (κ2) is 5.98. The highest BCUT2D eigenvalue weighted by Crippen LogP contribution is 2.34. The first-order chi connectivity index (χ1) is 10.2. The first kappa shape index (κ1) is 16.9. The Bertz CT molecular complexity index is 651. The molecule has 0 bridgehead atoms. The molecule has 122 valence electrons. The molecule has 0 radical (unpaired) electrons. The summed E-state index contributed by atoms with van der Waals surface area (Å²) < 4.78 is 31.5. The molecule has 22 heavy (non-hydrogen) atoms. The van der Waals surface area contributed by atoms with Gasteiger partial charge in [0.2, 0.25) is 10.0 Å². The van der Waals surface area contributed by atoms with E-state index in [2.05, 4.69) is 0 Å². The number of ether oxygens (including phenoxy) is 1. The molecule has 1 saturated heterocycles. The topological polar surface area (TPSA) is 83.9 Å². The zero-order chi connectivity index (χ0) is 16.5. The van der Waals surface area contributed by atoms with Crippen LogP contribution < -0.4 is 0 Å². The summed E-state index contributed by atoms with van der Waals surface area (Å²) in [6.07, 6.45) is 0.182. The minimum atomic E-state index is -3.87. The van der Waals surface area contributed by atoms with Gasteiger partial charge in [0.15, 0.2) is 6.04 Å². The largest absolute Gasteiger partial charge is 0.465 e. The summed E-state index contributed by atoms with van der Waals surface area (Å²) in [5.41, 5.74) is -0.501. The van der Waals surface area contributed by atoms with Gasteiger partial charge >= 0.3 is 5.97 Å². The fraction of sp³-hybridized carbons (Fsp3) is 0.533. The lowest BCUT2D eigenvalue weighted by Crippen LogP contribution is -2.51. The van der Waals surface area contributed by atoms with Gasteiger partial charge in [-0.05, 0) is 39.3 Å². The lowest BCUT2D eigenvalue weighted by Gasteiger charge is -2.28. The van der Waals surface area contributed by atoms with Gasteiger partial charge in [0.05, 0.1) is 17.1 Å². The molecule has 0 saturated carbocycles. The van der Waals surface area contributed by atoms with Crippen molar-refractivity contribution >= 4 is 16.0 Å².